The van der Waals surface area contributed by atoms with Crippen LogP contribution in [-0.2, 0) is 11.2 Å². The van der Waals surface area contributed by atoms with Gasteiger partial charge >= 0.3 is 5.97 Å². The standard InChI is InChI=1S/C26H28N2O3/c1-18-6-4-5-7-24(18)28(2)21-10-11-22-19(13-15-31-25(22)16-21)8-9-20-17-27-14-12-23(20)26(29)30-3/h4-7,10-12,14,16-17,19H,8-9,13,15H2,1-3H3/t19-/m1/s1. The Balaban J connectivity index is 1.53. The summed E-state index contributed by atoms with van der Waals surface area (Å²) in [6.07, 6.45) is 6.07. The molecule has 0 radical (unpaired) electrons. The summed E-state index contributed by atoms with van der Waals surface area (Å²) in [5, 5.41) is 0. The summed E-state index contributed by atoms with van der Waals surface area (Å²) in [5.41, 5.74) is 6.28. The second kappa shape index (κ2) is 9.21. The summed E-state index contributed by atoms with van der Waals surface area (Å²) in [6.45, 7) is 2.82. The van der Waals surface area contributed by atoms with Gasteiger partial charge in [-0.05, 0) is 67.0 Å². The van der Waals surface area contributed by atoms with Gasteiger partial charge in [0, 0.05) is 36.9 Å². The molecule has 0 N–H and O–H groups in total. The number of nitrogens with zero attached hydrogens (tertiary/aromatic N) is 2. The number of aryl methyl sites for hydroxylation is 2. The Morgan fingerprint density at radius 3 is 2.87 bits per heavy atom. The van der Waals surface area contributed by atoms with Gasteiger partial charge in [-0.1, -0.05) is 24.3 Å². The van der Waals surface area contributed by atoms with Crippen LogP contribution in [0.1, 0.15) is 45.8 Å². The van der Waals surface area contributed by atoms with Crippen LogP contribution in [-0.4, -0.2) is 31.7 Å². The van der Waals surface area contributed by atoms with Gasteiger partial charge in [0.25, 0.3) is 0 Å². The van der Waals surface area contributed by atoms with Gasteiger partial charge in [-0.2, -0.15) is 0 Å². The largest absolute Gasteiger partial charge is 0.493 e. The molecule has 2 aromatic carbocycles. The van der Waals surface area contributed by atoms with Gasteiger partial charge in [0.05, 0.1) is 19.3 Å². The molecule has 0 saturated heterocycles. The summed E-state index contributed by atoms with van der Waals surface area (Å²) < 4.78 is 10.9. The Morgan fingerprint density at radius 2 is 2.06 bits per heavy atom. The third kappa shape index (κ3) is 4.41. The Bertz CT molecular complexity index is 1080. The van der Waals surface area contributed by atoms with Gasteiger partial charge in [-0.15, -0.1) is 0 Å². The normalized spacial score (nSPS) is 15.0. The van der Waals surface area contributed by atoms with Crippen molar-refractivity contribution < 1.29 is 14.3 Å². The number of anilines is 2. The average Bonchev–Trinajstić information content (AvgIpc) is 2.82. The minimum atomic E-state index is -0.311. The molecule has 1 aliphatic heterocycles. The molecular formula is C26H28N2O3. The third-order valence-corrected chi connectivity index (χ3v) is 6.10. The molecule has 5 heteroatoms. The molecule has 0 fully saturated rings. The number of para-hydroxylation sites is 1. The van der Waals surface area contributed by atoms with Crippen molar-refractivity contribution in [1.29, 1.82) is 0 Å². The monoisotopic (exact) mass is 416 g/mol. The molecule has 160 valence electrons. The fourth-order valence-corrected chi connectivity index (χ4v) is 4.30. The molecule has 0 aliphatic carbocycles. The molecule has 0 spiro atoms. The lowest BCUT2D eigenvalue weighted by Gasteiger charge is -2.28. The number of ether oxygens (including phenoxy) is 2. The summed E-state index contributed by atoms with van der Waals surface area (Å²) in [5.74, 6) is 1.02. The predicted octanol–water partition coefficient (Wildman–Crippen LogP) is 5.44. The van der Waals surface area contributed by atoms with E-state index in [2.05, 4.69) is 66.3 Å². The Morgan fingerprint density at radius 1 is 1.23 bits per heavy atom. The van der Waals surface area contributed by atoms with Crippen LogP contribution < -0.4 is 9.64 Å². The summed E-state index contributed by atoms with van der Waals surface area (Å²) in [6, 6.07) is 16.6. The summed E-state index contributed by atoms with van der Waals surface area (Å²) in [4.78, 5) is 18.4. The average molecular weight is 417 g/mol. The zero-order chi connectivity index (χ0) is 21.8. The van der Waals surface area contributed by atoms with Gasteiger partial charge < -0.3 is 14.4 Å². The molecule has 3 aromatic rings. The second-order valence-corrected chi connectivity index (χ2v) is 7.96. The van der Waals surface area contributed by atoms with Crippen LogP contribution in [0.2, 0.25) is 0 Å². The van der Waals surface area contributed by atoms with Crippen LogP contribution in [0, 0.1) is 6.92 Å². The van der Waals surface area contributed by atoms with E-state index >= 15 is 0 Å². The summed E-state index contributed by atoms with van der Waals surface area (Å²) in [7, 11) is 3.49. The molecule has 0 amide bonds. The smallest absolute Gasteiger partial charge is 0.338 e. The van der Waals surface area contributed by atoms with Crippen molar-refractivity contribution in [3.05, 3.63) is 83.2 Å². The number of fused-ring (bicyclic) bond motifs is 1. The van der Waals surface area contributed by atoms with E-state index in [9.17, 15) is 4.79 Å². The van der Waals surface area contributed by atoms with E-state index in [1.807, 2.05) is 0 Å². The first-order valence-corrected chi connectivity index (χ1v) is 10.7. The number of hydrogen-bond acceptors (Lipinski definition) is 5. The van der Waals surface area contributed by atoms with Crippen LogP contribution in [0.15, 0.2) is 60.9 Å². The summed E-state index contributed by atoms with van der Waals surface area (Å²) >= 11 is 0. The zero-order valence-electron chi connectivity index (χ0n) is 18.3. The first-order valence-electron chi connectivity index (χ1n) is 10.7. The predicted molar refractivity (Wildman–Crippen MR) is 122 cm³/mol. The minimum absolute atomic E-state index is 0.311. The van der Waals surface area contributed by atoms with Gasteiger partial charge in [-0.3, -0.25) is 4.98 Å². The highest BCUT2D eigenvalue weighted by molar-refractivity contribution is 5.90. The molecule has 0 bridgehead atoms. The number of esters is 1. The number of aromatic nitrogens is 1. The maximum atomic E-state index is 12.1. The molecule has 1 atom stereocenters. The van der Waals surface area contributed by atoms with E-state index in [0.717, 1.165) is 36.3 Å². The van der Waals surface area contributed by atoms with Gasteiger partial charge in [0.2, 0.25) is 0 Å². The Kier molecular flexibility index (Phi) is 6.21. The molecule has 1 aliphatic rings. The Labute approximate surface area is 183 Å². The number of carbonyl (C=O) groups excluding carboxylic acids is 1. The van der Waals surface area contributed by atoms with E-state index in [-0.39, 0.29) is 5.97 Å². The first kappa shape index (κ1) is 20.9. The fraction of sp³-hybridized carbons (Fsp3) is 0.308. The van der Waals surface area contributed by atoms with Crippen molar-refractivity contribution in [1.82, 2.24) is 4.98 Å². The minimum Gasteiger partial charge on any atom is -0.493 e. The van der Waals surface area contributed by atoms with Crippen molar-refractivity contribution in [2.75, 3.05) is 25.7 Å². The van der Waals surface area contributed by atoms with Crippen LogP contribution in [0.25, 0.3) is 0 Å². The topological polar surface area (TPSA) is 51.7 Å². The van der Waals surface area contributed by atoms with E-state index in [4.69, 9.17) is 9.47 Å². The van der Waals surface area contributed by atoms with Crippen LogP contribution in [0.3, 0.4) is 0 Å². The maximum absolute atomic E-state index is 12.1. The maximum Gasteiger partial charge on any atom is 0.338 e. The quantitative estimate of drug-likeness (QED) is 0.501. The van der Waals surface area contributed by atoms with Crippen molar-refractivity contribution in [2.24, 2.45) is 0 Å². The molecule has 4 rings (SSSR count). The van der Waals surface area contributed by atoms with E-state index in [1.165, 1.54) is 23.9 Å². The second-order valence-electron chi connectivity index (χ2n) is 7.96. The molecular weight excluding hydrogens is 388 g/mol. The molecule has 1 aromatic heterocycles. The van der Waals surface area contributed by atoms with Crippen molar-refractivity contribution in [3.8, 4) is 5.75 Å². The molecule has 0 saturated carbocycles. The number of carbonyl (C=O) groups is 1. The van der Waals surface area contributed by atoms with Crippen molar-refractivity contribution in [2.45, 2.75) is 32.1 Å². The molecule has 5 nitrogen and oxygen atoms in total. The van der Waals surface area contributed by atoms with E-state index in [0.29, 0.717) is 18.1 Å². The lowest BCUT2D eigenvalue weighted by molar-refractivity contribution is 0.0599. The lowest BCUT2D eigenvalue weighted by Crippen LogP contribution is -2.17. The van der Waals surface area contributed by atoms with Crippen molar-refractivity contribution in [3.63, 3.8) is 0 Å². The highest BCUT2D eigenvalue weighted by Gasteiger charge is 2.23. The van der Waals surface area contributed by atoms with E-state index in [1.54, 1.807) is 18.5 Å². The highest BCUT2D eigenvalue weighted by Crippen LogP contribution is 2.40. The van der Waals surface area contributed by atoms with Crippen LogP contribution in [0.5, 0.6) is 5.75 Å². The van der Waals surface area contributed by atoms with Crippen LogP contribution >= 0.6 is 0 Å². The first-order chi connectivity index (χ1) is 15.1. The van der Waals surface area contributed by atoms with Crippen LogP contribution in [0.4, 0.5) is 11.4 Å². The SMILES string of the molecule is COC(=O)c1ccncc1CC[C@@H]1CCOc2cc(N(C)c3ccccc3C)ccc21. The fourth-order valence-electron chi connectivity index (χ4n) is 4.30. The molecule has 31 heavy (non-hydrogen) atoms. The number of pyridine rings is 1. The molecule has 0 unspecified atom stereocenters. The Hall–Kier alpha value is -3.34. The molecule has 2 heterocycles. The van der Waals surface area contributed by atoms with Crippen molar-refractivity contribution >= 4 is 17.3 Å². The van der Waals surface area contributed by atoms with Gasteiger partial charge in [-0.25, -0.2) is 4.79 Å². The van der Waals surface area contributed by atoms with E-state index < -0.39 is 0 Å². The zero-order valence-corrected chi connectivity index (χ0v) is 18.3. The van der Waals surface area contributed by atoms with Gasteiger partial charge in [0.15, 0.2) is 0 Å². The lowest BCUT2D eigenvalue weighted by atomic mass is 9.87. The number of rotatable bonds is 6. The number of methoxy groups -OCH3 is 1. The van der Waals surface area contributed by atoms with Gasteiger partial charge in [0.1, 0.15) is 5.75 Å². The third-order valence-electron chi connectivity index (χ3n) is 6.10. The number of benzene rings is 2. The number of hydrogen-bond donors (Lipinski definition) is 0. The highest BCUT2D eigenvalue weighted by atomic mass is 16.5.